The molecule has 4 aliphatic heterocycles. The number of hydrogen-bond donors (Lipinski definition) is 4. The maximum Gasteiger partial charge on any atom is 0.329 e. The van der Waals surface area contributed by atoms with E-state index in [0.29, 0.717) is 73.4 Å². The number of likely N-dealkylation sites (tertiary alicyclic amines) is 1. The minimum atomic E-state index is -1.37. The van der Waals surface area contributed by atoms with Crippen molar-refractivity contribution in [2.75, 3.05) is 18.4 Å². The Bertz CT molecular complexity index is 2750. The molecule has 5 amide bonds. The molecule has 6 heterocycles. The van der Waals surface area contributed by atoms with Crippen LogP contribution in [-0.2, 0) is 36.4 Å². The summed E-state index contributed by atoms with van der Waals surface area (Å²) in [6, 6.07) is 10.7. The van der Waals surface area contributed by atoms with Crippen LogP contribution in [0.5, 0.6) is 0 Å². The van der Waals surface area contributed by atoms with Gasteiger partial charge in [-0.05, 0) is 129 Å². The SMILES string of the molecule is Cn1c(=O)n(C2CCC(=O)NC2=O)c2ccc(C3CCN(C(=O)C4CCC(NC(=O)[C@@H]5NC6(CCC(C)(C)CC6)[C@@]6(C(=O)Nc7cc(Cl)ccc76)[C@H]5c5ccnc(Cl)c5F)CC4)CC3)cc21. The lowest BCUT2D eigenvalue weighted by atomic mass is 9.53. The zero-order valence-electron chi connectivity index (χ0n) is 37.4. The van der Waals surface area contributed by atoms with Crippen LogP contribution in [0.4, 0.5) is 10.1 Å². The number of fused-ring (bicyclic) bond motifs is 4. The summed E-state index contributed by atoms with van der Waals surface area (Å²) in [5.41, 5.74) is 1.23. The minimum absolute atomic E-state index is 0.00626. The number of halogens is 3. The number of piperidine rings is 2. The minimum Gasteiger partial charge on any atom is -0.352 e. The van der Waals surface area contributed by atoms with Crippen LogP contribution in [0, 0.1) is 17.2 Å². The normalized spacial score (nSPS) is 28.4. The molecular weight excluding hydrogens is 886 g/mol. The second-order valence-electron chi connectivity index (χ2n) is 20.4. The summed E-state index contributed by atoms with van der Waals surface area (Å²) in [6.07, 6.45) is 8.52. The molecule has 5 fully saturated rings. The number of rotatable bonds is 6. The van der Waals surface area contributed by atoms with E-state index in [9.17, 15) is 28.8 Å². The fourth-order valence-corrected chi connectivity index (χ4v) is 13.0. The lowest BCUT2D eigenvalue weighted by molar-refractivity contribution is -0.138. The average molecular weight is 942 g/mol. The largest absolute Gasteiger partial charge is 0.352 e. The predicted octanol–water partition coefficient (Wildman–Crippen LogP) is 6.52. The molecule has 0 radical (unpaired) electrons. The molecular formula is C49H55Cl2FN8O6. The Hall–Kier alpha value is -5.12. The lowest BCUT2D eigenvalue weighted by Gasteiger charge is -2.50. The topological polar surface area (TPSA) is 177 Å². The molecule has 10 rings (SSSR count). The number of hydrogen-bond acceptors (Lipinski definition) is 8. The number of pyridine rings is 1. The number of amides is 5. The molecule has 4 aromatic rings. The Morgan fingerprint density at radius 2 is 1.59 bits per heavy atom. The third-order valence-electron chi connectivity index (χ3n) is 16.3. The molecule has 17 heteroatoms. The molecule has 348 valence electrons. The van der Waals surface area contributed by atoms with Gasteiger partial charge in [-0.2, -0.15) is 0 Å². The summed E-state index contributed by atoms with van der Waals surface area (Å²) in [5, 5.41) is 12.6. The molecule has 6 aliphatic rings. The van der Waals surface area contributed by atoms with Crippen molar-refractivity contribution in [2.45, 2.75) is 132 Å². The number of imidazole rings is 1. The standard InChI is InChI=1S/C49H55Cl2FN8O6/c1-47(2)17-19-48(20-18-47)49(32-10-7-29(50)25-33(32)55-45(49)65)38(31-14-21-53-41(51)39(31)52)40(57-48)43(63)54-30-8-4-27(5-9-30)44(64)59-22-15-26(16-23-59)28-6-11-34-36(24-28)58(3)46(66)60(34)35-12-13-37(61)56-42(35)62/h6-7,10-11,14,21,24-27,30,35,38,40,57H,4-5,8-9,12-13,15-20,22-23H2,1-3H3,(H,54,63)(H,55,65)(H,56,61,62)/t27?,30?,35?,38-,40+,49+/m0/s1. The summed E-state index contributed by atoms with van der Waals surface area (Å²) in [6.45, 7) is 5.61. The van der Waals surface area contributed by atoms with E-state index in [-0.39, 0.29) is 76.2 Å². The monoisotopic (exact) mass is 940 g/mol. The molecule has 4 N–H and O–H groups in total. The molecule has 14 nitrogen and oxygen atoms in total. The molecule has 2 saturated carbocycles. The highest BCUT2D eigenvalue weighted by atomic mass is 35.5. The van der Waals surface area contributed by atoms with E-state index < -0.39 is 40.7 Å². The molecule has 3 saturated heterocycles. The van der Waals surface area contributed by atoms with E-state index in [2.05, 4.69) is 40.1 Å². The first-order chi connectivity index (χ1) is 31.5. The number of benzene rings is 2. The van der Waals surface area contributed by atoms with Crippen molar-refractivity contribution in [2.24, 2.45) is 18.4 Å². The van der Waals surface area contributed by atoms with Gasteiger partial charge in [0, 0.05) is 66.9 Å². The molecule has 66 heavy (non-hydrogen) atoms. The number of carbonyl (C=O) groups excluding carboxylic acids is 5. The summed E-state index contributed by atoms with van der Waals surface area (Å²) >= 11 is 12.8. The van der Waals surface area contributed by atoms with Crippen LogP contribution in [0.25, 0.3) is 11.0 Å². The number of carbonyl (C=O) groups is 5. The van der Waals surface area contributed by atoms with Crippen molar-refractivity contribution in [3.8, 4) is 0 Å². The van der Waals surface area contributed by atoms with E-state index in [1.165, 1.54) is 16.8 Å². The van der Waals surface area contributed by atoms with Gasteiger partial charge in [-0.15, -0.1) is 0 Å². The van der Waals surface area contributed by atoms with E-state index in [0.717, 1.165) is 36.8 Å². The number of nitrogens with zero attached hydrogens (tertiary/aromatic N) is 4. The first kappa shape index (κ1) is 44.7. The Kier molecular flexibility index (Phi) is 11.2. The van der Waals surface area contributed by atoms with Gasteiger partial charge in [-0.3, -0.25) is 43.7 Å². The molecule has 1 unspecified atom stereocenters. The van der Waals surface area contributed by atoms with Crippen LogP contribution in [0.1, 0.15) is 125 Å². The molecule has 2 aromatic carbocycles. The van der Waals surface area contributed by atoms with Crippen molar-refractivity contribution in [3.05, 3.63) is 91.8 Å². The van der Waals surface area contributed by atoms with Crippen LogP contribution >= 0.6 is 23.2 Å². The van der Waals surface area contributed by atoms with Crippen LogP contribution in [0.3, 0.4) is 0 Å². The number of aromatic nitrogens is 3. The van der Waals surface area contributed by atoms with E-state index in [4.69, 9.17) is 23.2 Å². The maximum atomic E-state index is 16.4. The van der Waals surface area contributed by atoms with Gasteiger partial charge in [0.2, 0.25) is 29.5 Å². The van der Waals surface area contributed by atoms with Gasteiger partial charge in [0.15, 0.2) is 11.0 Å². The van der Waals surface area contributed by atoms with Gasteiger partial charge in [0.1, 0.15) is 11.5 Å². The van der Waals surface area contributed by atoms with Crippen molar-refractivity contribution in [3.63, 3.8) is 0 Å². The summed E-state index contributed by atoms with van der Waals surface area (Å²) in [4.78, 5) is 87.4. The van der Waals surface area contributed by atoms with E-state index in [1.54, 1.807) is 23.7 Å². The average Bonchev–Trinajstić information content (AvgIpc) is 3.86. The van der Waals surface area contributed by atoms with Crippen molar-refractivity contribution < 1.29 is 28.4 Å². The highest BCUT2D eigenvalue weighted by Gasteiger charge is 2.73. The second-order valence-corrected chi connectivity index (χ2v) is 21.2. The fourth-order valence-electron chi connectivity index (χ4n) is 12.7. The molecule has 0 bridgehead atoms. The Morgan fingerprint density at radius 1 is 0.864 bits per heavy atom. The second kappa shape index (κ2) is 16.6. The van der Waals surface area contributed by atoms with E-state index in [1.807, 2.05) is 29.2 Å². The summed E-state index contributed by atoms with van der Waals surface area (Å²) in [7, 11) is 1.69. The van der Waals surface area contributed by atoms with Crippen LogP contribution < -0.4 is 27.0 Å². The van der Waals surface area contributed by atoms with Gasteiger partial charge in [-0.1, -0.05) is 49.2 Å². The fraction of sp³-hybridized carbons (Fsp3) is 0.531. The Balaban J connectivity index is 0.825. The third kappa shape index (κ3) is 7.17. The molecule has 2 aromatic heterocycles. The Labute approximate surface area is 391 Å². The number of anilines is 1. The first-order valence-corrected chi connectivity index (χ1v) is 24.1. The van der Waals surface area contributed by atoms with Gasteiger partial charge < -0.3 is 15.5 Å². The predicted molar refractivity (Wildman–Crippen MR) is 247 cm³/mol. The van der Waals surface area contributed by atoms with Crippen molar-refractivity contribution >= 4 is 69.5 Å². The summed E-state index contributed by atoms with van der Waals surface area (Å²) < 4.78 is 19.4. The zero-order valence-corrected chi connectivity index (χ0v) is 38.9. The molecule has 2 aliphatic carbocycles. The lowest BCUT2D eigenvalue weighted by Crippen LogP contribution is -2.61. The third-order valence-corrected chi connectivity index (χ3v) is 16.8. The highest BCUT2D eigenvalue weighted by Crippen LogP contribution is 2.64. The maximum absolute atomic E-state index is 16.4. The van der Waals surface area contributed by atoms with Crippen molar-refractivity contribution in [1.29, 1.82) is 0 Å². The summed E-state index contributed by atoms with van der Waals surface area (Å²) in [5.74, 6) is -3.05. The van der Waals surface area contributed by atoms with E-state index >= 15 is 4.39 Å². The van der Waals surface area contributed by atoms with Gasteiger partial charge in [0.25, 0.3) is 0 Å². The quantitative estimate of drug-likeness (QED) is 0.125. The smallest absolute Gasteiger partial charge is 0.329 e. The zero-order chi connectivity index (χ0) is 46.4. The number of nitrogens with one attached hydrogen (secondary N) is 4. The van der Waals surface area contributed by atoms with Crippen LogP contribution in [0.15, 0.2) is 53.5 Å². The van der Waals surface area contributed by atoms with Crippen molar-refractivity contribution in [1.82, 2.24) is 35.0 Å². The Morgan fingerprint density at radius 3 is 2.30 bits per heavy atom. The van der Waals surface area contributed by atoms with Crippen LogP contribution in [0.2, 0.25) is 10.2 Å². The number of aryl methyl sites for hydroxylation is 1. The molecule has 2 spiro atoms. The molecule has 4 atom stereocenters. The van der Waals surface area contributed by atoms with Gasteiger partial charge >= 0.3 is 5.69 Å². The first-order valence-electron chi connectivity index (χ1n) is 23.3. The van der Waals surface area contributed by atoms with Crippen LogP contribution in [-0.4, -0.2) is 79.3 Å². The van der Waals surface area contributed by atoms with Gasteiger partial charge in [0.05, 0.1) is 17.1 Å². The number of imide groups is 1. The van der Waals surface area contributed by atoms with Gasteiger partial charge in [-0.25, -0.2) is 14.2 Å². The highest BCUT2D eigenvalue weighted by molar-refractivity contribution is 6.31.